The molecule has 18 heavy (non-hydrogen) atoms. The Morgan fingerprint density at radius 3 is 2.56 bits per heavy atom. The summed E-state index contributed by atoms with van der Waals surface area (Å²) in [6.45, 7) is 6.67. The molecule has 3 atom stereocenters. The van der Waals surface area contributed by atoms with Gasteiger partial charge in [-0.25, -0.2) is 0 Å². The van der Waals surface area contributed by atoms with Crippen molar-refractivity contribution in [3.05, 3.63) is 30.3 Å². The van der Waals surface area contributed by atoms with Crippen LogP contribution in [0.2, 0.25) is 4.82 Å². The molecule has 1 aliphatic carbocycles. The Hall–Kier alpha value is -0.301. The molecule has 100 valence electrons. The van der Waals surface area contributed by atoms with Gasteiger partial charge in [-0.2, -0.15) is 0 Å². The van der Waals surface area contributed by atoms with Crippen LogP contribution in [0.3, 0.4) is 0 Å². The minimum atomic E-state index is -0.457. The summed E-state index contributed by atoms with van der Waals surface area (Å²) in [5.41, 5.74) is -0.457. The molecule has 1 aliphatic rings. The van der Waals surface area contributed by atoms with Gasteiger partial charge in [0.2, 0.25) is 0 Å². The van der Waals surface area contributed by atoms with Crippen molar-refractivity contribution in [2.24, 2.45) is 11.8 Å². The maximum atomic E-state index is 10.6. The molecular formula is C16H24OSe. The summed E-state index contributed by atoms with van der Waals surface area (Å²) < 4.78 is 1.42. The van der Waals surface area contributed by atoms with Crippen molar-refractivity contribution in [1.82, 2.24) is 0 Å². The number of aliphatic hydroxyl groups is 1. The van der Waals surface area contributed by atoms with Crippen LogP contribution in [0.5, 0.6) is 0 Å². The summed E-state index contributed by atoms with van der Waals surface area (Å²) >= 11 is 0.387. The maximum absolute atomic E-state index is 10.6. The van der Waals surface area contributed by atoms with E-state index in [1.807, 2.05) is 6.92 Å². The van der Waals surface area contributed by atoms with E-state index in [2.05, 4.69) is 44.2 Å². The number of hydrogen-bond donors (Lipinski definition) is 1. The predicted molar refractivity (Wildman–Crippen MR) is 78.4 cm³/mol. The molecule has 0 bridgehead atoms. The third kappa shape index (κ3) is 3.38. The van der Waals surface area contributed by atoms with Crippen molar-refractivity contribution >= 4 is 19.4 Å². The second-order valence-electron chi connectivity index (χ2n) is 6.06. The fourth-order valence-electron chi connectivity index (χ4n) is 2.73. The van der Waals surface area contributed by atoms with E-state index >= 15 is 0 Å². The number of rotatable bonds is 3. The molecule has 1 fully saturated rings. The molecule has 0 heterocycles. The second-order valence-corrected chi connectivity index (χ2v) is 8.73. The molecule has 1 saturated carbocycles. The van der Waals surface area contributed by atoms with E-state index in [4.69, 9.17) is 0 Å². The molecule has 0 aromatic heterocycles. The Kier molecular flexibility index (Phi) is 4.53. The van der Waals surface area contributed by atoms with Crippen molar-refractivity contribution in [1.29, 1.82) is 0 Å². The molecule has 0 radical (unpaired) electrons. The van der Waals surface area contributed by atoms with Crippen LogP contribution in [0.4, 0.5) is 0 Å². The molecule has 0 unspecified atom stereocenters. The Morgan fingerprint density at radius 1 is 1.28 bits per heavy atom. The molecule has 1 aromatic rings. The quantitative estimate of drug-likeness (QED) is 0.851. The van der Waals surface area contributed by atoms with Gasteiger partial charge in [-0.15, -0.1) is 0 Å². The summed E-state index contributed by atoms with van der Waals surface area (Å²) in [6, 6.07) is 10.7. The molecule has 1 aromatic carbocycles. The average molecular weight is 311 g/mol. The van der Waals surface area contributed by atoms with Crippen molar-refractivity contribution in [3.8, 4) is 0 Å². The van der Waals surface area contributed by atoms with Crippen LogP contribution in [-0.2, 0) is 0 Å². The van der Waals surface area contributed by atoms with Gasteiger partial charge >= 0.3 is 117 Å². The molecule has 2 rings (SSSR count). The van der Waals surface area contributed by atoms with Crippen LogP contribution in [0, 0.1) is 11.8 Å². The zero-order chi connectivity index (χ0) is 13.2. The van der Waals surface area contributed by atoms with Gasteiger partial charge in [-0.1, -0.05) is 0 Å². The molecule has 1 nitrogen and oxygen atoms in total. The van der Waals surface area contributed by atoms with Gasteiger partial charge in [0, 0.05) is 0 Å². The van der Waals surface area contributed by atoms with Crippen LogP contribution < -0.4 is 4.46 Å². The Bertz CT molecular complexity index is 372. The van der Waals surface area contributed by atoms with E-state index in [0.717, 1.165) is 18.3 Å². The fraction of sp³-hybridized carbons (Fsp3) is 0.625. The number of benzene rings is 1. The normalized spacial score (nSPS) is 32.7. The van der Waals surface area contributed by atoms with Gasteiger partial charge in [-0.05, 0) is 0 Å². The van der Waals surface area contributed by atoms with Gasteiger partial charge < -0.3 is 0 Å². The molecular weight excluding hydrogens is 287 g/mol. The van der Waals surface area contributed by atoms with Gasteiger partial charge in [0.1, 0.15) is 0 Å². The zero-order valence-corrected chi connectivity index (χ0v) is 13.3. The Morgan fingerprint density at radius 2 is 1.94 bits per heavy atom. The summed E-state index contributed by atoms with van der Waals surface area (Å²) in [5, 5.41) is 10.6. The first kappa shape index (κ1) is 14.1. The van der Waals surface area contributed by atoms with E-state index in [0.29, 0.717) is 19.8 Å². The van der Waals surface area contributed by atoms with Crippen LogP contribution in [-0.4, -0.2) is 25.7 Å². The standard InChI is InChI=1S/C16H24OSe/c1-12(2)13-9-10-16(3,17)15(11-13)18-14-7-5-4-6-8-14/h4-8,12-13,15,17H,9-11H2,1-3H3/t13-,15+,16+/m1/s1. The monoisotopic (exact) mass is 312 g/mol. The summed E-state index contributed by atoms with van der Waals surface area (Å²) in [5.74, 6) is 1.54. The van der Waals surface area contributed by atoms with Gasteiger partial charge in [0.15, 0.2) is 0 Å². The van der Waals surface area contributed by atoms with Crippen molar-refractivity contribution in [3.63, 3.8) is 0 Å². The van der Waals surface area contributed by atoms with Crippen LogP contribution in [0.1, 0.15) is 40.0 Å². The third-order valence-electron chi connectivity index (χ3n) is 4.20. The topological polar surface area (TPSA) is 20.2 Å². The minimum absolute atomic E-state index is 0.387. The van der Waals surface area contributed by atoms with Crippen molar-refractivity contribution in [2.45, 2.75) is 50.5 Å². The van der Waals surface area contributed by atoms with E-state index in [9.17, 15) is 5.11 Å². The molecule has 0 amide bonds. The predicted octanol–water partition coefficient (Wildman–Crippen LogP) is 3.01. The summed E-state index contributed by atoms with van der Waals surface area (Å²) in [6.07, 6.45) is 3.35. The van der Waals surface area contributed by atoms with Gasteiger partial charge in [0.25, 0.3) is 0 Å². The fourth-order valence-corrected chi connectivity index (χ4v) is 5.58. The summed E-state index contributed by atoms with van der Waals surface area (Å²) in [4.78, 5) is 0.466. The van der Waals surface area contributed by atoms with Crippen LogP contribution in [0.15, 0.2) is 30.3 Å². The number of hydrogen-bond acceptors (Lipinski definition) is 1. The molecule has 0 spiro atoms. The average Bonchev–Trinajstić information content (AvgIpc) is 2.33. The first-order valence-electron chi connectivity index (χ1n) is 6.93. The molecule has 0 saturated heterocycles. The zero-order valence-electron chi connectivity index (χ0n) is 11.6. The summed E-state index contributed by atoms with van der Waals surface area (Å²) in [7, 11) is 0. The van der Waals surface area contributed by atoms with Crippen LogP contribution in [0.25, 0.3) is 0 Å². The Balaban J connectivity index is 2.08. The van der Waals surface area contributed by atoms with E-state index in [1.54, 1.807) is 0 Å². The molecule has 0 aliphatic heterocycles. The third-order valence-corrected chi connectivity index (χ3v) is 7.40. The first-order valence-corrected chi connectivity index (χ1v) is 8.77. The SMILES string of the molecule is CC(C)[C@@H]1CC[C@](C)(O)[C@@H]([Se]c2ccccc2)C1. The molecule has 2 heteroatoms. The van der Waals surface area contributed by atoms with Crippen molar-refractivity contribution < 1.29 is 5.11 Å². The van der Waals surface area contributed by atoms with Gasteiger partial charge in [-0.3, -0.25) is 0 Å². The van der Waals surface area contributed by atoms with Gasteiger partial charge in [0.05, 0.1) is 0 Å². The Labute approximate surface area is 117 Å². The second kappa shape index (κ2) is 5.77. The van der Waals surface area contributed by atoms with E-state index < -0.39 is 5.60 Å². The van der Waals surface area contributed by atoms with E-state index in [1.165, 1.54) is 17.3 Å². The van der Waals surface area contributed by atoms with E-state index in [-0.39, 0.29) is 0 Å². The molecule has 1 N–H and O–H groups in total. The first-order chi connectivity index (χ1) is 8.49. The van der Waals surface area contributed by atoms with Crippen LogP contribution >= 0.6 is 0 Å². The van der Waals surface area contributed by atoms with Crippen molar-refractivity contribution in [2.75, 3.05) is 0 Å².